The van der Waals surface area contributed by atoms with Crippen LogP contribution in [-0.2, 0) is 6.42 Å². The highest BCUT2D eigenvalue weighted by molar-refractivity contribution is 5.95. The van der Waals surface area contributed by atoms with Crippen LogP contribution in [0.1, 0.15) is 46.1 Å². The van der Waals surface area contributed by atoms with Crippen molar-refractivity contribution in [2.24, 2.45) is 0 Å². The molecule has 3 aromatic rings. The molecule has 2 heterocycles. The predicted molar refractivity (Wildman–Crippen MR) is 122 cm³/mol. The Morgan fingerprint density at radius 2 is 1.73 bits per heavy atom. The summed E-state index contributed by atoms with van der Waals surface area (Å²) in [5.74, 6) is 0.0836. The summed E-state index contributed by atoms with van der Waals surface area (Å²) in [5, 5.41) is 2.57. The van der Waals surface area contributed by atoms with Gasteiger partial charge in [-0.25, -0.2) is 0 Å². The van der Waals surface area contributed by atoms with E-state index in [1.165, 1.54) is 21.8 Å². The summed E-state index contributed by atoms with van der Waals surface area (Å²) in [6, 6.07) is 18.2. The molecule has 4 heteroatoms. The van der Waals surface area contributed by atoms with E-state index in [9.17, 15) is 4.79 Å². The molecule has 1 amide bonds. The first kappa shape index (κ1) is 18.7. The normalized spacial score (nSPS) is 17.4. The van der Waals surface area contributed by atoms with Gasteiger partial charge in [-0.1, -0.05) is 42.5 Å². The first-order chi connectivity index (χ1) is 14.6. The summed E-state index contributed by atoms with van der Waals surface area (Å²) in [6.45, 7) is 0.721. The summed E-state index contributed by atoms with van der Waals surface area (Å²) in [7, 11) is 4.02. The van der Waals surface area contributed by atoms with E-state index in [-0.39, 0.29) is 11.9 Å². The third-order valence-electron chi connectivity index (χ3n) is 6.27. The van der Waals surface area contributed by atoms with Gasteiger partial charge in [0, 0.05) is 42.9 Å². The van der Waals surface area contributed by atoms with Crippen molar-refractivity contribution in [1.29, 1.82) is 0 Å². The maximum Gasteiger partial charge on any atom is 0.254 e. The second kappa shape index (κ2) is 7.52. The second-order valence-corrected chi connectivity index (χ2v) is 8.33. The minimum Gasteiger partial charge on any atom is -0.378 e. The number of benzene rings is 2. The lowest BCUT2D eigenvalue weighted by molar-refractivity contribution is 0.0691. The van der Waals surface area contributed by atoms with Crippen molar-refractivity contribution in [2.75, 3.05) is 25.5 Å². The minimum absolute atomic E-state index is 0.0836. The summed E-state index contributed by atoms with van der Waals surface area (Å²) in [6.07, 6.45) is 7.69. The standard InChI is InChI=1S/C26H27N3O/c1-28(2)20-14-12-19(13-15-20)26(30)29-17-16-22-21-10-6-7-11-23(21)27-24(22)25(29)18-8-4-3-5-9-18/h3-5,8-15,25,27H,6-7,16-17H2,1-2H3. The molecule has 1 atom stereocenters. The number of amides is 1. The van der Waals surface area contributed by atoms with E-state index >= 15 is 0 Å². The fraction of sp³-hybridized carbons (Fsp3) is 0.269. The third-order valence-corrected chi connectivity index (χ3v) is 6.27. The zero-order valence-corrected chi connectivity index (χ0v) is 17.6. The van der Waals surface area contributed by atoms with Gasteiger partial charge in [-0.3, -0.25) is 4.79 Å². The van der Waals surface area contributed by atoms with Crippen molar-refractivity contribution >= 4 is 23.7 Å². The summed E-state index contributed by atoms with van der Waals surface area (Å²) in [4.78, 5) is 21.4. The molecule has 0 fully saturated rings. The van der Waals surface area contributed by atoms with Crippen molar-refractivity contribution in [3.63, 3.8) is 0 Å². The van der Waals surface area contributed by atoms with Crippen LogP contribution in [-0.4, -0.2) is 36.4 Å². The van der Waals surface area contributed by atoms with Crippen molar-refractivity contribution < 1.29 is 4.79 Å². The molecule has 2 aromatic carbocycles. The summed E-state index contributed by atoms with van der Waals surface area (Å²) < 4.78 is 0. The zero-order valence-electron chi connectivity index (χ0n) is 17.6. The second-order valence-electron chi connectivity index (χ2n) is 8.33. The van der Waals surface area contributed by atoms with Gasteiger partial charge in [-0.05, 0) is 59.9 Å². The van der Waals surface area contributed by atoms with E-state index in [1.807, 2.05) is 54.2 Å². The number of rotatable bonds is 3. The van der Waals surface area contributed by atoms with E-state index in [2.05, 4.69) is 41.4 Å². The van der Waals surface area contributed by atoms with Crippen LogP contribution in [0.25, 0.3) is 12.2 Å². The summed E-state index contributed by atoms with van der Waals surface area (Å²) >= 11 is 0. The Kier molecular flexibility index (Phi) is 4.70. The molecule has 4 nitrogen and oxygen atoms in total. The van der Waals surface area contributed by atoms with Crippen LogP contribution in [0, 0.1) is 0 Å². The first-order valence-electron chi connectivity index (χ1n) is 10.7. The summed E-state index contributed by atoms with van der Waals surface area (Å²) in [5.41, 5.74) is 5.52. The number of hydrogen-bond donors (Lipinski definition) is 1. The molecule has 0 saturated carbocycles. The fourth-order valence-corrected chi connectivity index (χ4v) is 4.73. The molecule has 0 radical (unpaired) electrons. The van der Waals surface area contributed by atoms with Crippen LogP contribution in [0.15, 0.2) is 54.6 Å². The molecule has 1 aliphatic carbocycles. The smallest absolute Gasteiger partial charge is 0.254 e. The highest BCUT2D eigenvalue weighted by atomic mass is 16.2. The Labute approximate surface area is 177 Å². The average molecular weight is 398 g/mol. The molecule has 1 unspecified atom stereocenters. The Balaban J connectivity index is 1.60. The van der Waals surface area contributed by atoms with E-state index in [4.69, 9.17) is 0 Å². The van der Waals surface area contributed by atoms with Gasteiger partial charge < -0.3 is 14.8 Å². The van der Waals surface area contributed by atoms with Crippen molar-refractivity contribution in [2.45, 2.75) is 25.3 Å². The molecule has 5 rings (SSSR count). The molecule has 0 saturated heterocycles. The van der Waals surface area contributed by atoms with Crippen LogP contribution in [0.5, 0.6) is 0 Å². The van der Waals surface area contributed by atoms with E-state index in [0.717, 1.165) is 42.6 Å². The number of H-pyrrole nitrogens is 1. The number of aromatic amines is 1. The van der Waals surface area contributed by atoms with Crippen molar-refractivity contribution in [3.05, 3.63) is 87.5 Å². The van der Waals surface area contributed by atoms with Gasteiger partial charge in [0.2, 0.25) is 0 Å². The molecular formula is C26H27N3O. The lowest BCUT2D eigenvalue weighted by atomic mass is 9.92. The van der Waals surface area contributed by atoms with Crippen LogP contribution in [0.2, 0.25) is 0 Å². The van der Waals surface area contributed by atoms with Gasteiger partial charge in [0.05, 0.1) is 6.04 Å². The zero-order chi connectivity index (χ0) is 20.7. The lowest BCUT2D eigenvalue weighted by Gasteiger charge is -2.36. The number of hydrogen-bond acceptors (Lipinski definition) is 2. The number of carbonyl (C=O) groups is 1. The number of aromatic nitrogens is 1. The SMILES string of the molecule is CN(C)c1ccc(C(=O)N2CCc3c([nH]c4c3=CCCC=4)C2c2ccccc2)cc1. The number of fused-ring (bicyclic) bond motifs is 3. The minimum atomic E-state index is -0.0941. The first-order valence-corrected chi connectivity index (χ1v) is 10.7. The van der Waals surface area contributed by atoms with E-state index in [0.29, 0.717) is 0 Å². The van der Waals surface area contributed by atoms with Gasteiger partial charge in [0.25, 0.3) is 5.91 Å². The molecule has 30 heavy (non-hydrogen) atoms. The quantitative estimate of drug-likeness (QED) is 0.737. The predicted octanol–water partition coefficient (Wildman–Crippen LogP) is 3.22. The Morgan fingerprint density at radius 3 is 2.47 bits per heavy atom. The molecule has 1 aromatic heterocycles. The number of nitrogens with zero attached hydrogens (tertiary/aromatic N) is 2. The molecule has 0 bridgehead atoms. The van der Waals surface area contributed by atoms with Crippen LogP contribution in [0.3, 0.4) is 0 Å². The van der Waals surface area contributed by atoms with Crippen molar-refractivity contribution in [3.8, 4) is 0 Å². The fourth-order valence-electron chi connectivity index (χ4n) is 4.73. The van der Waals surface area contributed by atoms with Crippen LogP contribution in [0.4, 0.5) is 5.69 Å². The third kappa shape index (κ3) is 3.13. The van der Waals surface area contributed by atoms with Gasteiger partial charge in [0.15, 0.2) is 0 Å². The molecule has 0 spiro atoms. The highest BCUT2D eigenvalue weighted by Crippen LogP contribution is 2.34. The largest absolute Gasteiger partial charge is 0.378 e. The van der Waals surface area contributed by atoms with E-state index in [1.54, 1.807) is 0 Å². The van der Waals surface area contributed by atoms with Gasteiger partial charge >= 0.3 is 0 Å². The average Bonchev–Trinajstić information content (AvgIpc) is 3.17. The number of nitrogens with one attached hydrogen (secondary N) is 1. The molecule has 1 N–H and O–H groups in total. The van der Waals surface area contributed by atoms with Crippen LogP contribution < -0.4 is 15.5 Å². The number of carbonyl (C=O) groups excluding carboxylic acids is 1. The Bertz CT molecular complexity index is 1190. The lowest BCUT2D eigenvalue weighted by Crippen LogP contribution is -2.41. The molecule has 152 valence electrons. The topological polar surface area (TPSA) is 39.3 Å². The van der Waals surface area contributed by atoms with Crippen LogP contribution >= 0.6 is 0 Å². The van der Waals surface area contributed by atoms with Crippen molar-refractivity contribution in [1.82, 2.24) is 9.88 Å². The monoisotopic (exact) mass is 397 g/mol. The highest BCUT2D eigenvalue weighted by Gasteiger charge is 2.34. The van der Waals surface area contributed by atoms with E-state index < -0.39 is 0 Å². The van der Waals surface area contributed by atoms with Gasteiger partial charge in [0.1, 0.15) is 0 Å². The number of anilines is 1. The Morgan fingerprint density at radius 1 is 1.00 bits per heavy atom. The molecule has 2 aliphatic rings. The van der Waals surface area contributed by atoms with Gasteiger partial charge in [-0.15, -0.1) is 0 Å². The Hall–Kier alpha value is -3.27. The maximum absolute atomic E-state index is 13.6. The maximum atomic E-state index is 13.6. The molecule has 1 aliphatic heterocycles. The van der Waals surface area contributed by atoms with Gasteiger partial charge in [-0.2, -0.15) is 0 Å². The molecular weight excluding hydrogens is 370 g/mol.